The van der Waals surface area contributed by atoms with Gasteiger partial charge in [0.25, 0.3) is 0 Å². The number of carbonyl (C=O) groups is 2. The first kappa shape index (κ1) is 20.3. The van der Waals surface area contributed by atoms with Gasteiger partial charge in [0.2, 0.25) is 11.8 Å². The van der Waals surface area contributed by atoms with Crippen LogP contribution in [0.15, 0.2) is 0 Å². The minimum absolute atomic E-state index is 0.0526. The molecule has 3 heterocycles. The zero-order chi connectivity index (χ0) is 20.2. The lowest BCUT2D eigenvalue weighted by atomic mass is 10.1. The highest BCUT2D eigenvalue weighted by molar-refractivity contribution is 5.78. The van der Waals surface area contributed by atoms with Gasteiger partial charge in [-0.25, -0.2) is 4.98 Å². The molecule has 4 rings (SSSR count). The summed E-state index contributed by atoms with van der Waals surface area (Å²) >= 11 is 0. The zero-order valence-electron chi connectivity index (χ0n) is 17.2. The van der Waals surface area contributed by atoms with Gasteiger partial charge in [-0.05, 0) is 38.5 Å². The van der Waals surface area contributed by atoms with Crippen molar-refractivity contribution in [2.75, 3.05) is 39.4 Å². The fourth-order valence-electron chi connectivity index (χ4n) is 4.40. The number of H-pyrrole nitrogens is 1. The summed E-state index contributed by atoms with van der Waals surface area (Å²) in [4.78, 5) is 33.6. The maximum Gasteiger partial charge on any atom is 0.227 e. The summed E-state index contributed by atoms with van der Waals surface area (Å²) in [7, 11) is 0. The number of nitrogens with one attached hydrogen (secondary N) is 2. The predicted octanol–water partition coefficient (Wildman–Crippen LogP) is 0.264. The molecule has 2 N–H and O–H groups in total. The zero-order valence-corrected chi connectivity index (χ0v) is 17.2. The molecule has 29 heavy (non-hydrogen) atoms. The van der Waals surface area contributed by atoms with E-state index in [4.69, 9.17) is 4.74 Å². The number of ether oxygens (including phenoxy) is 1. The topological polar surface area (TPSA) is 103 Å². The monoisotopic (exact) mass is 404 g/mol. The lowest BCUT2D eigenvalue weighted by molar-refractivity contribution is -0.136. The molecule has 1 saturated carbocycles. The van der Waals surface area contributed by atoms with Crippen LogP contribution >= 0.6 is 0 Å². The van der Waals surface area contributed by atoms with Crippen molar-refractivity contribution in [3.63, 3.8) is 0 Å². The van der Waals surface area contributed by atoms with Gasteiger partial charge in [0.1, 0.15) is 5.82 Å². The van der Waals surface area contributed by atoms with Crippen LogP contribution in [0.25, 0.3) is 0 Å². The Hall–Kier alpha value is -2.00. The predicted molar refractivity (Wildman–Crippen MR) is 106 cm³/mol. The van der Waals surface area contributed by atoms with E-state index in [9.17, 15) is 9.59 Å². The Morgan fingerprint density at radius 2 is 1.93 bits per heavy atom. The van der Waals surface area contributed by atoms with Gasteiger partial charge in [-0.1, -0.05) is 0 Å². The first-order valence-corrected chi connectivity index (χ1v) is 10.8. The number of aromatic amines is 1. The van der Waals surface area contributed by atoms with Gasteiger partial charge in [0.05, 0.1) is 19.6 Å². The van der Waals surface area contributed by atoms with Crippen LogP contribution in [0.3, 0.4) is 0 Å². The molecule has 3 fully saturated rings. The molecule has 3 aliphatic rings. The number of aryl methyl sites for hydroxylation is 1. The van der Waals surface area contributed by atoms with Crippen molar-refractivity contribution in [2.24, 2.45) is 5.92 Å². The van der Waals surface area contributed by atoms with Crippen molar-refractivity contribution in [3.8, 4) is 0 Å². The van der Waals surface area contributed by atoms with Crippen LogP contribution in [0.1, 0.15) is 43.8 Å². The fourth-order valence-corrected chi connectivity index (χ4v) is 4.40. The lowest BCUT2D eigenvalue weighted by Crippen LogP contribution is -2.47. The molecule has 160 valence electrons. The van der Waals surface area contributed by atoms with E-state index in [2.05, 4.69) is 25.4 Å². The van der Waals surface area contributed by atoms with E-state index >= 15 is 0 Å². The van der Waals surface area contributed by atoms with E-state index in [-0.39, 0.29) is 24.3 Å². The summed E-state index contributed by atoms with van der Waals surface area (Å²) in [5.41, 5.74) is 0. The molecule has 9 nitrogen and oxygen atoms in total. The highest BCUT2D eigenvalue weighted by Crippen LogP contribution is 2.35. The van der Waals surface area contributed by atoms with Crippen molar-refractivity contribution >= 4 is 11.8 Å². The largest absolute Gasteiger partial charge is 0.378 e. The molecule has 2 amide bonds. The number of likely N-dealkylation sites (tertiary alicyclic amines) is 1. The third-order valence-corrected chi connectivity index (χ3v) is 6.21. The molecule has 1 aliphatic carbocycles. The first-order valence-electron chi connectivity index (χ1n) is 10.8. The fraction of sp³-hybridized carbons (Fsp3) is 0.800. The summed E-state index contributed by atoms with van der Waals surface area (Å²) < 4.78 is 5.36. The van der Waals surface area contributed by atoms with Crippen LogP contribution in [0.2, 0.25) is 0 Å². The second-order valence-corrected chi connectivity index (χ2v) is 8.54. The minimum Gasteiger partial charge on any atom is -0.378 e. The van der Waals surface area contributed by atoms with Crippen LogP contribution in [-0.2, 0) is 20.7 Å². The summed E-state index contributed by atoms with van der Waals surface area (Å²) in [5, 5.41) is 9.85. The van der Waals surface area contributed by atoms with Crippen molar-refractivity contribution < 1.29 is 14.3 Å². The molecule has 0 aromatic carbocycles. The number of carbonyl (C=O) groups excluding carboxylic acids is 2. The molecule has 0 spiro atoms. The molecule has 1 aromatic rings. The SMILES string of the molecule is Cc1nc(CC(=O)NC[C@@H]2CC[C@H](CC(=O)N3CCOCC3)N2CC2CC2)n[nH]1. The van der Waals surface area contributed by atoms with Crippen LogP contribution in [0, 0.1) is 12.8 Å². The Morgan fingerprint density at radius 3 is 2.62 bits per heavy atom. The van der Waals surface area contributed by atoms with Gasteiger partial charge in [0, 0.05) is 44.7 Å². The van der Waals surface area contributed by atoms with E-state index in [0.717, 1.165) is 25.3 Å². The summed E-state index contributed by atoms with van der Waals surface area (Å²) in [6, 6.07) is 0.583. The smallest absolute Gasteiger partial charge is 0.227 e. The molecular weight excluding hydrogens is 372 g/mol. The Balaban J connectivity index is 1.29. The molecule has 0 unspecified atom stereocenters. The van der Waals surface area contributed by atoms with E-state index in [1.54, 1.807) is 0 Å². The van der Waals surface area contributed by atoms with Gasteiger partial charge < -0.3 is 15.0 Å². The number of nitrogens with zero attached hydrogens (tertiary/aromatic N) is 4. The summed E-state index contributed by atoms with van der Waals surface area (Å²) in [6.45, 7) is 6.17. The molecule has 2 saturated heterocycles. The molecule has 2 aliphatic heterocycles. The average molecular weight is 405 g/mol. The maximum absolute atomic E-state index is 12.7. The number of morpholine rings is 1. The second kappa shape index (κ2) is 9.21. The third-order valence-electron chi connectivity index (χ3n) is 6.21. The molecule has 0 bridgehead atoms. The van der Waals surface area contributed by atoms with Crippen molar-refractivity contribution in [2.45, 2.75) is 57.5 Å². The lowest BCUT2D eigenvalue weighted by Gasteiger charge is -2.33. The Kier molecular flexibility index (Phi) is 6.44. The molecule has 9 heteroatoms. The van der Waals surface area contributed by atoms with Gasteiger partial charge >= 0.3 is 0 Å². The normalized spacial score (nSPS) is 25.3. The standard InChI is InChI=1S/C20H32N6O3/c1-14-22-18(24-23-14)11-19(27)21-12-17-5-4-16(26(17)13-15-2-3-15)10-20(28)25-6-8-29-9-7-25/h15-17H,2-13H2,1H3,(H,21,27)(H,22,23,24)/t16-,17+/m1/s1. The molecular formula is C20H32N6O3. The van der Waals surface area contributed by atoms with Crippen LogP contribution < -0.4 is 5.32 Å². The van der Waals surface area contributed by atoms with Crippen molar-refractivity contribution in [1.82, 2.24) is 30.3 Å². The van der Waals surface area contributed by atoms with Crippen LogP contribution in [0.4, 0.5) is 0 Å². The number of rotatable bonds is 8. The number of aromatic nitrogens is 3. The van der Waals surface area contributed by atoms with Crippen molar-refractivity contribution in [3.05, 3.63) is 11.6 Å². The van der Waals surface area contributed by atoms with E-state index < -0.39 is 0 Å². The third kappa shape index (κ3) is 5.54. The quantitative estimate of drug-likeness (QED) is 0.644. The number of amides is 2. The van der Waals surface area contributed by atoms with Crippen LogP contribution in [0.5, 0.6) is 0 Å². The Bertz CT molecular complexity index is 713. The number of hydrogen-bond acceptors (Lipinski definition) is 6. The van der Waals surface area contributed by atoms with Crippen LogP contribution in [-0.4, -0.2) is 88.3 Å². The Labute approximate surface area is 171 Å². The van der Waals surface area contributed by atoms with Gasteiger partial charge in [-0.2, -0.15) is 5.10 Å². The molecule has 2 atom stereocenters. The van der Waals surface area contributed by atoms with Crippen molar-refractivity contribution in [1.29, 1.82) is 0 Å². The average Bonchev–Trinajstić information content (AvgIpc) is 3.34. The van der Waals surface area contributed by atoms with E-state index in [0.29, 0.717) is 57.0 Å². The van der Waals surface area contributed by atoms with E-state index in [1.807, 2.05) is 11.8 Å². The molecule has 0 radical (unpaired) electrons. The van der Waals surface area contributed by atoms with Gasteiger partial charge in [-0.15, -0.1) is 0 Å². The van der Waals surface area contributed by atoms with Gasteiger partial charge in [0.15, 0.2) is 5.82 Å². The minimum atomic E-state index is -0.0526. The second-order valence-electron chi connectivity index (χ2n) is 8.54. The maximum atomic E-state index is 12.7. The van der Waals surface area contributed by atoms with Gasteiger partial charge in [-0.3, -0.25) is 19.6 Å². The summed E-state index contributed by atoms with van der Waals surface area (Å²) in [6.07, 6.45) is 5.37. The highest BCUT2D eigenvalue weighted by atomic mass is 16.5. The highest BCUT2D eigenvalue weighted by Gasteiger charge is 2.38. The molecule has 1 aromatic heterocycles. The summed E-state index contributed by atoms with van der Waals surface area (Å²) in [5.74, 6) is 2.18. The first-order chi connectivity index (χ1) is 14.1. The van der Waals surface area contributed by atoms with E-state index in [1.165, 1.54) is 12.8 Å². The number of hydrogen-bond donors (Lipinski definition) is 2. The Morgan fingerprint density at radius 1 is 1.17 bits per heavy atom.